The first kappa shape index (κ1) is 16.8. The van der Waals surface area contributed by atoms with Crippen molar-refractivity contribution in [1.82, 2.24) is 4.90 Å². The van der Waals surface area contributed by atoms with Gasteiger partial charge >= 0.3 is 0 Å². The summed E-state index contributed by atoms with van der Waals surface area (Å²) in [5, 5.41) is 0.0874. The van der Waals surface area contributed by atoms with Gasteiger partial charge in [0, 0.05) is 11.8 Å². The summed E-state index contributed by atoms with van der Waals surface area (Å²) >= 11 is 1.51. The number of carbonyl (C=O) groups is 1. The lowest BCUT2D eigenvalue weighted by molar-refractivity contribution is -0.129. The molecule has 2 unspecified atom stereocenters. The van der Waals surface area contributed by atoms with Gasteiger partial charge in [-0.15, -0.1) is 11.8 Å². The van der Waals surface area contributed by atoms with E-state index in [9.17, 15) is 13.2 Å². The summed E-state index contributed by atoms with van der Waals surface area (Å²) in [7, 11) is -2.87. The minimum atomic E-state index is -2.87. The molecule has 3 rings (SSSR count). The van der Waals surface area contributed by atoms with Gasteiger partial charge < -0.3 is 4.90 Å². The number of sulfone groups is 1. The van der Waals surface area contributed by atoms with Crippen molar-refractivity contribution in [3.63, 3.8) is 0 Å². The van der Waals surface area contributed by atoms with Crippen molar-refractivity contribution in [2.75, 3.05) is 23.8 Å². The van der Waals surface area contributed by atoms with Crippen LogP contribution in [0.25, 0.3) is 0 Å². The van der Waals surface area contributed by atoms with Crippen LogP contribution in [0, 0.1) is 6.92 Å². The molecule has 6 heteroatoms. The van der Waals surface area contributed by atoms with Crippen LogP contribution in [0.15, 0.2) is 24.3 Å². The van der Waals surface area contributed by atoms with Crippen molar-refractivity contribution in [3.8, 4) is 0 Å². The molecule has 1 amide bonds. The Morgan fingerprint density at radius 2 is 2.00 bits per heavy atom. The van der Waals surface area contributed by atoms with Crippen molar-refractivity contribution in [2.24, 2.45) is 0 Å². The summed E-state index contributed by atoms with van der Waals surface area (Å²) in [4.78, 5) is 14.5. The fraction of sp³-hybridized carbons (Fsp3) is 0.588. The SMILES string of the molecule is Cc1ccc(C2CCCN2C(=O)CSC2CCS(=O)(=O)C2)cc1. The summed E-state index contributed by atoms with van der Waals surface area (Å²) in [5.41, 5.74) is 2.43. The summed E-state index contributed by atoms with van der Waals surface area (Å²) in [5.74, 6) is 1.03. The molecule has 126 valence electrons. The van der Waals surface area contributed by atoms with Crippen LogP contribution in [0.4, 0.5) is 0 Å². The third kappa shape index (κ3) is 4.10. The summed E-state index contributed by atoms with van der Waals surface area (Å²) in [6.07, 6.45) is 2.73. The number of rotatable bonds is 4. The lowest BCUT2D eigenvalue weighted by atomic mass is 10.0. The normalized spacial score (nSPS) is 26.6. The zero-order valence-corrected chi connectivity index (χ0v) is 15.0. The second kappa shape index (κ2) is 6.85. The largest absolute Gasteiger partial charge is 0.335 e. The van der Waals surface area contributed by atoms with Gasteiger partial charge in [0.15, 0.2) is 9.84 Å². The van der Waals surface area contributed by atoms with Crippen LogP contribution in [0.5, 0.6) is 0 Å². The van der Waals surface area contributed by atoms with Gasteiger partial charge in [-0.1, -0.05) is 29.8 Å². The highest BCUT2D eigenvalue weighted by molar-refractivity contribution is 8.02. The Balaban J connectivity index is 1.59. The zero-order valence-electron chi connectivity index (χ0n) is 13.4. The summed E-state index contributed by atoms with van der Waals surface area (Å²) < 4.78 is 23.0. The molecule has 4 nitrogen and oxygen atoms in total. The molecular weight excluding hydrogens is 330 g/mol. The molecule has 0 bridgehead atoms. The van der Waals surface area contributed by atoms with Crippen molar-refractivity contribution in [3.05, 3.63) is 35.4 Å². The quantitative estimate of drug-likeness (QED) is 0.835. The Morgan fingerprint density at radius 3 is 2.65 bits per heavy atom. The van der Waals surface area contributed by atoms with Crippen LogP contribution in [-0.4, -0.2) is 48.3 Å². The number of hydrogen-bond acceptors (Lipinski definition) is 4. The first-order chi connectivity index (χ1) is 10.9. The number of aryl methyl sites for hydroxylation is 1. The van der Waals surface area contributed by atoms with Crippen LogP contribution in [0.1, 0.15) is 36.4 Å². The molecule has 1 aromatic carbocycles. The Kier molecular flexibility index (Phi) is 5.01. The molecule has 2 fully saturated rings. The maximum atomic E-state index is 12.6. The molecule has 2 atom stereocenters. The smallest absolute Gasteiger partial charge is 0.233 e. The standard InChI is InChI=1S/C17H23NO3S2/c1-13-4-6-14(7-5-13)16-3-2-9-18(16)17(19)11-22-15-8-10-23(20,21)12-15/h4-7,15-16H,2-3,8-12H2,1H3. The van der Waals surface area contributed by atoms with Gasteiger partial charge in [-0.05, 0) is 31.7 Å². The predicted molar refractivity (Wildman–Crippen MR) is 94.4 cm³/mol. The molecule has 0 aromatic heterocycles. The molecule has 0 aliphatic carbocycles. The first-order valence-corrected chi connectivity index (χ1v) is 11.0. The second-order valence-corrected chi connectivity index (χ2v) is 10.0. The minimum Gasteiger partial charge on any atom is -0.335 e. The summed E-state index contributed by atoms with van der Waals surface area (Å²) in [6.45, 7) is 2.87. The summed E-state index contributed by atoms with van der Waals surface area (Å²) in [6, 6.07) is 8.59. The number of amides is 1. The van der Waals surface area contributed by atoms with E-state index in [1.54, 1.807) is 0 Å². The highest BCUT2D eigenvalue weighted by atomic mass is 32.2. The minimum absolute atomic E-state index is 0.0874. The molecule has 1 aromatic rings. The monoisotopic (exact) mass is 353 g/mol. The van der Waals surface area contributed by atoms with Crippen LogP contribution >= 0.6 is 11.8 Å². The van der Waals surface area contributed by atoms with Gasteiger partial charge in [-0.2, -0.15) is 0 Å². The van der Waals surface area contributed by atoms with Crippen molar-refractivity contribution in [1.29, 1.82) is 0 Å². The number of nitrogens with zero attached hydrogens (tertiary/aromatic N) is 1. The molecule has 23 heavy (non-hydrogen) atoms. The molecule has 0 spiro atoms. The van der Waals surface area contributed by atoms with Gasteiger partial charge in [0.2, 0.25) is 5.91 Å². The predicted octanol–water partition coefficient (Wildman–Crippen LogP) is 2.58. The Hall–Kier alpha value is -1.01. The van der Waals surface area contributed by atoms with Gasteiger partial charge in [0.05, 0.1) is 23.3 Å². The Bertz CT molecular complexity index is 670. The van der Waals surface area contributed by atoms with Gasteiger partial charge in [0.25, 0.3) is 0 Å². The number of benzene rings is 1. The molecule has 0 N–H and O–H groups in total. The third-order valence-corrected chi connectivity index (χ3v) is 7.93. The van der Waals surface area contributed by atoms with Gasteiger partial charge in [-0.25, -0.2) is 8.42 Å². The third-order valence-electron chi connectivity index (χ3n) is 4.67. The lowest BCUT2D eigenvalue weighted by Gasteiger charge is -2.25. The molecular formula is C17H23NO3S2. The van der Waals surface area contributed by atoms with Crippen LogP contribution in [0.3, 0.4) is 0 Å². The van der Waals surface area contributed by atoms with Crippen LogP contribution in [-0.2, 0) is 14.6 Å². The maximum absolute atomic E-state index is 12.6. The van der Waals surface area contributed by atoms with E-state index in [0.717, 1.165) is 19.4 Å². The highest BCUT2D eigenvalue weighted by Gasteiger charge is 2.32. The number of hydrogen-bond donors (Lipinski definition) is 0. The maximum Gasteiger partial charge on any atom is 0.233 e. The van der Waals surface area contributed by atoms with E-state index in [-0.39, 0.29) is 28.7 Å². The fourth-order valence-electron chi connectivity index (χ4n) is 3.36. The van der Waals surface area contributed by atoms with Gasteiger partial charge in [-0.3, -0.25) is 4.79 Å². The zero-order chi connectivity index (χ0) is 16.4. The Morgan fingerprint density at radius 1 is 1.26 bits per heavy atom. The topological polar surface area (TPSA) is 54.5 Å². The number of thioether (sulfide) groups is 1. The van der Waals surface area contributed by atoms with Crippen molar-refractivity contribution in [2.45, 2.75) is 37.5 Å². The van der Waals surface area contributed by atoms with Crippen molar-refractivity contribution >= 4 is 27.5 Å². The van der Waals surface area contributed by atoms with Gasteiger partial charge in [0.1, 0.15) is 0 Å². The molecule has 0 radical (unpaired) electrons. The van der Waals surface area contributed by atoms with Crippen LogP contribution in [0.2, 0.25) is 0 Å². The molecule has 2 saturated heterocycles. The average molecular weight is 354 g/mol. The second-order valence-electron chi connectivity index (χ2n) is 6.49. The molecule has 0 saturated carbocycles. The lowest BCUT2D eigenvalue weighted by Crippen LogP contribution is -2.32. The Labute approximate surface area is 142 Å². The van der Waals surface area contributed by atoms with E-state index in [1.807, 2.05) is 4.90 Å². The van der Waals surface area contributed by atoms with E-state index in [4.69, 9.17) is 0 Å². The fourth-order valence-corrected chi connectivity index (χ4v) is 6.89. The molecule has 2 aliphatic rings. The number of carbonyl (C=O) groups excluding carboxylic acids is 1. The van der Waals surface area contributed by atoms with E-state index in [0.29, 0.717) is 12.2 Å². The van der Waals surface area contributed by atoms with Crippen molar-refractivity contribution < 1.29 is 13.2 Å². The van der Waals surface area contributed by atoms with E-state index in [1.165, 1.54) is 22.9 Å². The van der Waals surface area contributed by atoms with Crippen LogP contribution < -0.4 is 0 Å². The average Bonchev–Trinajstić information content (AvgIpc) is 3.12. The first-order valence-electron chi connectivity index (χ1n) is 8.13. The van der Waals surface area contributed by atoms with E-state index >= 15 is 0 Å². The number of likely N-dealkylation sites (tertiary alicyclic amines) is 1. The van der Waals surface area contributed by atoms with E-state index in [2.05, 4.69) is 31.2 Å². The highest BCUT2D eigenvalue weighted by Crippen LogP contribution is 2.33. The van der Waals surface area contributed by atoms with E-state index < -0.39 is 9.84 Å². The molecule has 2 heterocycles. The molecule has 2 aliphatic heterocycles.